The first kappa shape index (κ1) is 18.1. The average Bonchev–Trinajstić information content (AvgIpc) is 3.32. The van der Waals surface area contributed by atoms with E-state index in [1.165, 1.54) is 12.1 Å². The third kappa shape index (κ3) is 3.11. The zero-order chi connectivity index (χ0) is 19.7. The molecule has 0 saturated carbocycles. The third-order valence-electron chi connectivity index (χ3n) is 4.96. The van der Waals surface area contributed by atoms with Gasteiger partial charge in [-0.1, -0.05) is 6.07 Å². The van der Waals surface area contributed by atoms with Crippen molar-refractivity contribution in [1.82, 2.24) is 19.8 Å². The molecule has 0 amide bonds. The Labute approximate surface area is 167 Å². The van der Waals surface area contributed by atoms with E-state index in [0.717, 1.165) is 23.6 Å². The summed E-state index contributed by atoms with van der Waals surface area (Å²) >= 11 is 5.58. The Morgan fingerprint density at radius 3 is 2.61 bits per heavy atom. The van der Waals surface area contributed by atoms with Gasteiger partial charge in [0.1, 0.15) is 0 Å². The Hall–Kier alpha value is -3.26. The van der Waals surface area contributed by atoms with Crippen molar-refractivity contribution in [3.8, 4) is 5.69 Å². The van der Waals surface area contributed by atoms with E-state index >= 15 is 0 Å². The van der Waals surface area contributed by atoms with E-state index in [1.54, 1.807) is 18.3 Å². The maximum absolute atomic E-state index is 11.0. The summed E-state index contributed by atoms with van der Waals surface area (Å²) in [7, 11) is 0. The Bertz CT molecular complexity index is 1000. The second-order valence-electron chi connectivity index (χ2n) is 6.49. The smallest absolute Gasteiger partial charge is 0.269 e. The Kier molecular flexibility index (Phi) is 4.79. The minimum atomic E-state index is -0.393. The Balaban J connectivity index is 1.77. The van der Waals surface area contributed by atoms with Gasteiger partial charge in [0, 0.05) is 42.5 Å². The number of likely N-dealkylation sites (N-methyl/N-ethyl adjacent to an activating group) is 1. The number of nitrogens with zero attached hydrogens (tertiary/aromatic N) is 4. The van der Waals surface area contributed by atoms with Gasteiger partial charge < -0.3 is 14.8 Å². The number of pyridine rings is 1. The van der Waals surface area contributed by atoms with E-state index in [-0.39, 0.29) is 17.8 Å². The van der Waals surface area contributed by atoms with Crippen molar-refractivity contribution >= 4 is 23.0 Å². The van der Waals surface area contributed by atoms with Gasteiger partial charge >= 0.3 is 0 Å². The summed E-state index contributed by atoms with van der Waals surface area (Å²) in [6.07, 6.45) is 3.74. The number of non-ortho nitro benzene ring substituents is 1. The van der Waals surface area contributed by atoms with Crippen molar-refractivity contribution < 1.29 is 4.92 Å². The number of hydrogen-bond donors (Lipinski definition) is 1. The first-order valence-corrected chi connectivity index (χ1v) is 9.41. The van der Waals surface area contributed by atoms with Gasteiger partial charge in [0.2, 0.25) is 0 Å². The molecule has 0 radical (unpaired) electrons. The lowest BCUT2D eigenvalue weighted by atomic mass is 10.0. The van der Waals surface area contributed by atoms with Crippen molar-refractivity contribution in [3.05, 3.63) is 88.5 Å². The second-order valence-corrected chi connectivity index (χ2v) is 6.88. The van der Waals surface area contributed by atoms with Crippen molar-refractivity contribution in [1.29, 1.82) is 0 Å². The SMILES string of the molecule is CCN1C(=S)N[C@H](c2ccccn2)[C@@H]1c1cccn1-c1ccc([N+](=O)[O-])cc1. The summed E-state index contributed by atoms with van der Waals surface area (Å²) < 4.78 is 2.04. The van der Waals surface area contributed by atoms with Crippen LogP contribution >= 0.6 is 12.2 Å². The largest absolute Gasteiger partial charge is 0.352 e. The lowest BCUT2D eigenvalue weighted by Crippen LogP contribution is -2.30. The molecule has 2 atom stereocenters. The van der Waals surface area contributed by atoms with Gasteiger partial charge in [-0.05, 0) is 55.5 Å². The molecule has 1 fully saturated rings. The van der Waals surface area contributed by atoms with Crippen LogP contribution in [0.3, 0.4) is 0 Å². The maximum atomic E-state index is 11.0. The van der Waals surface area contributed by atoms with Crippen LogP contribution in [0.2, 0.25) is 0 Å². The van der Waals surface area contributed by atoms with E-state index in [1.807, 2.05) is 35.0 Å². The molecule has 1 saturated heterocycles. The molecule has 1 aromatic carbocycles. The molecule has 0 unspecified atom stereocenters. The summed E-state index contributed by atoms with van der Waals surface area (Å²) in [6, 6.07) is 16.3. The zero-order valence-electron chi connectivity index (χ0n) is 15.2. The van der Waals surface area contributed by atoms with E-state index in [9.17, 15) is 10.1 Å². The monoisotopic (exact) mass is 393 g/mol. The lowest BCUT2D eigenvalue weighted by Gasteiger charge is -2.27. The summed E-state index contributed by atoms with van der Waals surface area (Å²) in [6.45, 7) is 2.83. The summed E-state index contributed by atoms with van der Waals surface area (Å²) in [4.78, 5) is 17.2. The molecule has 1 aliphatic rings. The van der Waals surface area contributed by atoms with Crippen LogP contribution in [0.5, 0.6) is 0 Å². The van der Waals surface area contributed by atoms with Crippen LogP contribution in [0.4, 0.5) is 5.69 Å². The number of rotatable bonds is 5. The van der Waals surface area contributed by atoms with Crippen molar-refractivity contribution in [2.45, 2.75) is 19.0 Å². The van der Waals surface area contributed by atoms with Gasteiger partial charge in [0.15, 0.2) is 5.11 Å². The highest BCUT2D eigenvalue weighted by molar-refractivity contribution is 7.80. The molecule has 3 aromatic rings. The zero-order valence-corrected chi connectivity index (χ0v) is 16.0. The van der Waals surface area contributed by atoms with Crippen molar-refractivity contribution in [3.63, 3.8) is 0 Å². The summed E-state index contributed by atoms with van der Waals surface area (Å²) in [5.74, 6) is 0. The highest BCUT2D eigenvalue weighted by Crippen LogP contribution is 2.39. The highest BCUT2D eigenvalue weighted by atomic mass is 32.1. The Morgan fingerprint density at radius 2 is 1.96 bits per heavy atom. The van der Waals surface area contributed by atoms with Crippen LogP contribution in [-0.4, -0.2) is 31.0 Å². The molecular weight excluding hydrogens is 374 g/mol. The molecule has 1 aliphatic heterocycles. The maximum Gasteiger partial charge on any atom is 0.269 e. The summed E-state index contributed by atoms with van der Waals surface area (Å²) in [5.41, 5.74) is 2.89. The van der Waals surface area contributed by atoms with Crippen LogP contribution in [0.1, 0.15) is 30.4 Å². The molecule has 4 rings (SSSR count). The van der Waals surface area contributed by atoms with E-state index in [4.69, 9.17) is 12.2 Å². The normalized spacial score (nSPS) is 18.9. The van der Waals surface area contributed by atoms with Gasteiger partial charge in [0.25, 0.3) is 5.69 Å². The molecule has 8 heteroatoms. The number of thiocarbonyl (C=S) groups is 1. The molecule has 3 heterocycles. The van der Waals surface area contributed by atoms with Crippen LogP contribution in [-0.2, 0) is 0 Å². The van der Waals surface area contributed by atoms with Crippen LogP contribution in [0.15, 0.2) is 67.0 Å². The highest BCUT2D eigenvalue weighted by Gasteiger charge is 2.40. The topological polar surface area (TPSA) is 76.2 Å². The van der Waals surface area contributed by atoms with Gasteiger partial charge in [-0.3, -0.25) is 15.1 Å². The van der Waals surface area contributed by atoms with Gasteiger partial charge in [0.05, 0.1) is 22.7 Å². The molecular formula is C20H19N5O2S. The van der Waals surface area contributed by atoms with Gasteiger partial charge in [-0.15, -0.1) is 0 Å². The first-order valence-electron chi connectivity index (χ1n) is 9.00. The second kappa shape index (κ2) is 7.40. The van der Waals surface area contributed by atoms with Crippen LogP contribution < -0.4 is 5.32 Å². The van der Waals surface area contributed by atoms with E-state index in [0.29, 0.717) is 5.11 Å². The minimum Gasteiger partial charge on any atom is -0.352 e. The number of hydrogen-bond acceptors (Lipinski definition) is 4. The van der Waals surface area contributed by atoms with E-state index < -0.39 is 4.92 Å². The minimum absolute atomic E-state index is 0.0439. The number of nitro groups is 1. The standard InChI is InChI=1S/C20H19N5O2S/c1-2-23-19(18(22-20(23)28)16-6-3-4-12-21-16)17-7-5-13-24(17)14-8-10-15(11-9-14)25(26)27/h3-13,18-19H,2H2,1H3,(H,22,28)/t18-,19+/m1/s1. The number of aromatic nitrogens is 2. The third-order valence-corrected chi connectivity index (χ3v) is 5.31. The fourth-order valence-electron chi connectivity index (χ4n) is 3.67. The van der Waals surface area contributed by atoms with Crippen molar-refractivity contribution in [2.24, 2.45) is 0 Å². The molecule has 2 aromatic heterocycles. The first-order chi connectivity index (χ1) is 13.6. The molecule has 0 spiro atoms. The fraction of sp³-hybridized carbons (Fsp3) is 0.200. The lowest BCUT2D eigenvalue weighted by molar-refractivity contribution is -0.384. The number of nitro benzene ring substituents is 1. The van der Waals surface area contributed by atoms with Gasteiger partial charge in [-0.2, -0.15) is 0 Å². The average molecular weight is 393 g/mol. The van der Waals surface area contributed by atoms with E-state index in [2.05, 4.69) is 28.2 Å². The Morgan fingerprint density at radius 1 is 1.18 bits per heavy atom. The molecule has 142 valence electrons. The van der Waals surface area contributed by atoms with Gasteiger partial charge in [-0.25, -0.2) is 0 Å². The molecule has 0 aliphatic carbocycles. The predicted molar refractivity (Wildman–Crippen MR) is 110 cm³/mol. The quantitative estimate of drug-likeness (QED) is 0.404. The molecule has 0 bridgehead atoms. The predicted octanol–water partition coefficient (Wildman–Crippen LogP) is 3.77. The number of nitrogens with one attached hydrogen (secondary N) is 1. The summed E-state index contributed by atoms with van der Waals surface area (Å²) in [5, 5.41) is 15.1. The molecule has 1 N–H and O–H groups in total. The fourth-order valence-corrected chi connectivity index (χ4v) is 4.04. The van der Waals surface area contributed by atoms with Crippen LogP contribution in [0, 0.1) is 10.1 Å². The number of benzene rings is 1. The van der Waals surface area contributed by atoms with Crippen molar-refractivity contribution in [2.75, 3.05) is 6.54 Å². The molecule has 7 nitrogen and oxygen atoms in total. The molecule has 28 heavy (non-hydrogen) atoms. The van der Waals surface area contributed by atoms with Crippen LogP contribution in [0.25, 0.3) is 5.69 Å².